The fourth-order valence-electron chi connectivity index (χ4n) is 5.15. The molecule has 3 aliphatic heterocycles. The van der Waals surface area contributed by atoms with Crippen molar-refractivity contribution in [3.8, 4) is 0 Å². The van der Waals surface area contributed by atoms with Gasteiger partial charge in [-0.05, 0) is 50.4 Å². The van der Waals surface area contributed by atoms with Crippen LogP contribution in [0.1, 0.15) is 32.1 Å². The molecule has 3 saturated heterocycles. The van der Waals surface area contributed by atoms with E-state index >= 15 is 0 Å². The van der Waals surface area contributed by atoms with Crippen molar-refractivity contribution in [1.82, 2.24) is 15.1 Å². The number of likely N-dealkylation sites (tertiary alicyclic amines) is 1. The molecule has 4 rings (SSSR count). The summed E-state index contributed by atoms with van der Waals surface area (Å²) < 4.78 is 29.8. The zero-order valence-corrected chi connectivity index (χ0v) is 19.8. The summed E-state index contributed by atoms with van der Waals surface area (Å²) >= 11 is 0. The van der Waals surface area contributed by atoms with E-state index in [-0.39, 0.29) is 36.5 Å². The van der Waals surface area contributed by atoms with E-state index in [4.69, 9.17) is 5.11 Å². The highest BCUT2D eigenvalue weighted by Crippen LogP contribution is 2.29. The van der Waals surface area contributed by atoms with Crippen LogP contribution in [0.2, 0.25) is 0 Å². The standard InChI is InChI=1S/C24H33F2N5O4/c25-18-13-17(27-20-1-2-21(32)28-24(20)35)14-19(26)23(18)31-11-9-30(10-12-31)15-16-3-6-29(7-4-16)8-5-22(33)34/h13-14,16,20,27H,1-12,15H2,(H,33,34)(H,28,32,35). The molecular formula is C24H33F2N5O4. The van der Waals surface area contributed by atoms with Crippen molar-refractivity contribution in [1.29, 1.82) is 0 Å². The number of anilines is 2. The number of imide groups is 1. The van der Waals surface area contributed by atoms with E-state index < -0.39 is 29.6 Å². The first-order valence-corrected chi connectivity index (χ1v) is 12.3. The highest BCUT2D eigenvalue weighted by molar-refractivity contribution is 6.01. The second-order valence-corrected chi connectivity index (χ2v) is 9.65. The SMILES string of the molecule is O=C(O)CCN1CCC(CN2CCN(c3c(F)cc(NC4CCC(=O)NC4=O)cc3F)CC2)CC1. The molecule has 3 aliphatic rings. The van der Waals surface area contributed by atoms with Crippen LogP contribution in [0.15, 0.2) is 12.1 Å². The Bertz CT molecular complexity index is 923. The van der Waals surface area contributed by atoms with Gasteiger partial charge >= 0.3 is 5.97 Å². The maximum atomic E-state index is 14.9. The number of benzene rings is 1. The first-order valence-electron chi connectivity index (χ1n) is 12.3. The molecule has 1 atom stereocenters. The number of nitrogens with zero attached hydrogens (tertiary/aromatic N) is 3. The number of nitrogens with one attached hydrogen (secondary N) is 2. The van der Waals surface area contributed by atoms with E-state index in [1.807, 2.05) is 0 Å². The third kappa shape index (κ3) is 6.66. The zero-order chi connectivity index (χ0) is 24.9. The third-order valence-corrected chi connectivity index (χ3v) is 7.15. The largest absolute Gasteiger partial charge is 0.481 e. The molecule has 0 spiro atoms. The number of amides is 2. The highest BCUT2D eigenvalue weighted by atomic mass is 19.1. The minimum absolute atomic E-state index is 0.0507. The minimum atomic E-state index is -0.766. The number of hydrogen-bond donors (Lipinski definition) is 3. The van der Waals surface area contributed by atoms with Crippen molar-refractivity contribution in [2.75, 3.05) is 62.6 Å². The number of rotatable bonds is 8. The van der Waals surface area contributed by atoms with Crippen molar-refractivity contribution >= 4 is 29.2 Å². The molecule has 1 unspecified atom stereocenters. The summed E-state index contributed by atoms with van der Waals surface area (Å²) in [6.45, 7) is 5.83. The van der Waals surface area contributed by atoms with Gasteiger partial charge in [-0.15, -0.1) is 0 Å². The monoisotopic (exact) mass is 493 g/mol. The summed E-state index contributed by atoms with van der Waals surface area (Å²) in [6, 6.07) is 1.70. The van der Waals surface area contributed by atoms with Gasteiger partial charge in [0.05, 0.1) is 6.42 Å². The Hall–Kier alpha value is -2.79. The van der Waals surface area contributed by atoms with Gasteiger partial charge in [-0.2, -0.15) is 0 Å². The Balaban J connectivity index is 1.26. The molecule has 192 valence electrons. The van der Waals surface area contributed by atoms with Crippen molar-refractivity contribution in [3.05, 3.63) is 23.8 Å². The fraction of sp³-hybridized carbons (Fsp3) is 0.625. The van der Waals surface area contributed by atoms with Gasteiger partial charge in [-0.1, -0.05) is 0 Å². The van der Waals surface area contributed by atoms with E-state index in [1.54, 1.807) is 4.90 Å². The second kappa shape index (κ2) is 11.3. The first kappa shape index (κ1) is 25.3. The number of carboxylic acid groups (broad SMARTS) is 1. The average molecular weight is 494 g/mol. The van der Waals surface area contributed by atoms with Gasteiger partial charge in [-0.25, -0.2) is 8.78 Å². The summed E-state index contributed by atoms with van der Waals surface area (Å²) in [4.78, 5) is 40.2. The second-order valence-electron chi connectivity index (χ2n) is 9.65. The van der Waals surface area contributed by atoms with Crippen LogP contribution >= 0.6 is 0 Å². The van der Waals surface area contributed by atoms with Gasteiger partial charge in [0, 0.05) is 51.4 Å². The molecule has 11 heteroatoms. The van der Waals surface area contributed by atoms with E-state index in [2.05, 4.69) is 20.4 Å². The van der Waals surface area contributed by atoms with Gasteiger partial charge in [0.1, 0.15) is 11.7 Å². The van der Waals surface area contributed by atoms with Crippen LogP contribution in [-0.4, -0.2) is 91.1 Å². The predicted molar refractivity (Wildman–Crippen MR) is 126 cm³/mol. The van der Waals surface area contributed by atoms with Crippen LogP contribution in [0.25, 0.3) is 0 Å². The van der Waals surface area contributed by atoms with Crippen molar-refractivity contribution in [2.24, 2.45) is 5.92 Å². The lowest BCUT2D eigenvalue weighted by Gasteiger charge is -2.39. The van der Waals surface area contributed by atoms with Crippen LogP contribution in [-0.2, 0) is 14.4 Å². The molecule has 1 aromatic rings. The zero-order valence-electron chi connectivity index (χ0n) is 19.8. The molecule has 3 heterocycles. The Kier molecular flexibility index (Phi) is 8.17. The van der Waals surface area contributed by atoms with E-state index in [1.165, 1.54) is 12.1 Å². The van der Waals surface area contributed by atoms with Crippen LogP contribution in [0.5, 0.6) is 0 Å². The maximum absolute atomic E-state index is 14.9. The third-order valence-electron chi connectivity index (χ3n) is 7.15. The fourth-order valence-corrected chi connectivity index (χ4v) is 5.15. The molecule has 0 aliphatic carbocycles. The number of hydrogen-bond acceptors (Lipinski definition) is 7. The Morgan fingerprint density at radius 3 is 2.26 bits per heavy atom. The van der Waals surface area contributed by atoms with Gasteiger partial charge in [0.15, 0.2) is 11.6 Å². The van der Waals surface area contributed by atoms with Crippen LogP contribution in [0.3, 0.4) is 0 Å². The number of piperazine rings is 1. The summed E-state index contributed by atoms with van der Waals surface area (Å²) in [5.41, 5.74) is 0.122. The smallest absolute Gasteiger partial charge is 0.304 e. The lowest BCUT2D eigenvalue weighted by Crippen LogP contribution is -2.49. The Morgan fingerprint density at radius 2 is 1.66 bits per heavy atom. The molecule has 2 amide bonds. The summed E-state index contributed by atoms with van der Waals surface area (Å²) in [7, 11) is 0. The van der Waals surface area contributed by atoms with E-state index in [0.717, 1.165) is 32.5 Å². The van der Waals surface area contributed by atoms with Gasteiger partial charge in [0.25, 0.3) is 0 Å². The quantitative estimate of drug-likeness (QED) is 0.468. The van der Waals surface area contributed by atoms with Crippen molar-refractivity contribution in [2.45, 2.75) is 38.1 Å². The topological polar surface area (TPSA) is 105 Å². The van der Waals surface area contributed by atoms with Crippen LogP contribution < -0.4 is 15.5 Å². The van der Waals surface area contributed by atoms with E-state index in [0.29, 0.717) is 38.6 Å². The molecule has 1 aromatic carbocycles. The number of aliphatic carboxylic acids is 1. The molecule has 0 bridgehead atoms. The number of carboxylic acids is 1. The molecule has 0 saturated carbocycles. The summed E-state index contributed by atoms with van der Waals surface area (Å²) in [5.74, 6) is -2.41. The molecule has 0 radical (unpaired) electrons. The van der Waals surface area contributed by atoms with Gasteiger partial charge in [-0.3, -0.25) is 24.6 Å². The molecule has 3 fully saturated rings. The Labute approximate surface area is 203 Å². The minimum Gasteiger partial charge on any atom is -0.481 e. The molecule has 3 N–H and O–H groups in total. The first-order chi connectivity index (χ1) is 16.8. The molecule has 0 aromatic heterocycles. The molecular weight excluding hydrogens is 460 g/mol. The maximum Gasteiger partial charge on any atom is 0.304 e. The normalized spacial score (nSPS) is 22.8. The summed E-state index contributed by atoms with van der Waals surface area (Å²) in [5, 5.41) is 13.9. The van der Waals surface area contributed by atoms with E-state index in [9.17, 15) is 23.2 Å². The van der Waals surface area contributed by atoms with Gasteiger partial charge < -0.3 is 20.2 Å². The van der Waals surface area contributed by atoms with Gasteiger partial charge in [0.2, 0.25) is 11.8 Å². The number of piperidine rings is 2. The Morgan fingerprint density at radius 1 is 1.00 bits per heavy atom. The van der Waals surface area contributed by atoms with Crippen LogP contribution in [0.4, 0.5) is 20.2 Å². The van der Waals surface area contributed by atoms with Crippen molar-refractivity contribution in [3.63, 3.8) is 0 Å². The number of halogens is 2. The van der Waals surface area contributed by atoms with Crippen molar-refractivity contribution < 1.29 is 28.3 Å². The van der Waals surface area contributed by atoms with Crippen LogP contribution in [0, 0.1) is 17.6 Å². The number of carbonyl (C=O) groups excluding carboxylic acids is 2. The molecule has 35 heavy (non-hydrogen) atoms. The summed E-state index contributed by atoms with van der Waals surface area (Å²) in [6.07, 6.45) is 2.70. The average Bonchev–Trinajstić information content (AvgIpc) is 2.81. The predicted octanol–water partition coefficient (Wildman–Crippen LogP) is 1.49. The lowest BCUT2D eigenvalue weighted by molar-refractivity contribution is -0.137. The molecule has 9 nitrogen and oxygen atoms in total. The highest BCUT2D eigenvalue weighted by Gasteiger charge is 2.29. The lowest BCUT2D eigenvalue weighted by atomic mass is 9.95. The number of carbonyl (C=O) groups is 3.